The summed E-state index contributed by atoms with van der Waals surface area (Å²) in [7, 11) is -4.57. The van der Waals surface area contributed by atoms with Crippen LogP contribution in [-0.2, 0) is 10.0 Å². The summed E-state index contributed by atoms with van der Waals surface area (Å²) in [5.41, 5.74) is -0.872. The smallest absolute Gasteiger partial charge is 0.363 e. The van der Waals surface area contributed by atoms with Crippen LogP contribution in [0.5, 0.6) is 0 Å². The van der Waals surface area contributed by atoms with Crippen LogP contribution >= 0.6 is 0 Å². The normalized spacial score (nSPS) is 11.5. The number of benzene rings is 2. The molecule has 0 bridgehead atoms. The van der Waals surface area contributed by atoms with Crippen molar-refractivity contribution in [1.29, 1.82) is 0 Å². The van der Waals surface area contributed by atoms with E-state index in [0.29, 0.717) is 30.5 Å². The highest BCUT2D eigenvalue weighted by Crippen LogP contribution is 2.30. The fraction of sp³-hybridized carbons (Fsp3) is 0.167. The van der Waals surface area contributed by atoms with Gasteiger partial charge in [-0.15, -0.1) is 0 Å². The van der Waals surface area contributed by atoms with Crippen LogP contribution in [0.4, 0.5) is 20.2 Å². The van der Waals surface area contributed by atoms with E-state index < -0.39 is 37.9 Å². The highest BCUT2D eigenvalue weighted by atomic mass is 32.2. The predicted octanol–water partition coefficient (Wildman–Crippen LogP) is 3.69. The lowest BCUT2D eigenvalue weighted by molar-refractivity contribution is 0.553. The van der Waals surface area contributed by atoms with Crippen molar-refractivity contribution in [1.82, 2.24) is 0 Å². The van der Waals surface area contributed by atoms with Gasteiger partial charge < -0.3 is 9.73 Å². The molecule has 0 unspecified atom stereocenters. The Kier molecular flexibility index (Phi) is 5.13. The van der Waals surface area contributed by atoms with Crippen molar-refractivity contribution < 1.29 is 21.6 Å². The summed E-state index contributed by atoms with van der Waals surface area (Å²) in [4.78, 5) is 11.5. The van der Waals surface area contributed by atoms with Gasteiger partial charge in [-0.25, -0.2) is 22.0 Å². The summed E-state index contributed by atoms with van der Waals surface area (Å²) in [6.07, 6.45) is 0.708. The summed E-state index contributed by atoms with van der Waals surface area (Å²) in [5.74, 6) is -2.07. The number of fused-ring (bicyclic) bond motifs is 1. The van der Waals surface area contributed by atoms with Crippen LogP contribution in [0.15, 0.2) is 56.6 Å². The predicted molar refractivity (Wildman–Crippen MR) is 98.4 cm³/mol. The minimum Gasteiger partial charge on any atom is -0.421 e. The van der Waals surface area contributed by atoms with Gasteiger partial charge in [-0.3, -0.25) is 4.72 Å². The number of anilines is 2. The van der Waals surface area contributed by atoms with Crippen LogP contribution in [-0.4, -0.2) is 15.0 Å². The summed E-state index contributed by atoms with van der Waals surface area (Å²) in [6.45, 7) is 2.35. The molecule has 2 N–H and O–H groups in total. The standard InChI is InChI=1S/C18H16F2N2O4S/c1-2-9-21-16-12-5-3-4-6-14(12)26-18(23)17(16)22-27(24,25)15-10-11(19)7-8-13(15)20/h3-8,10,21-22H,2,9H2,1H3. The first-order chi connectivity index (χ1) is 12.8. The first-order valence-corrected chi connectivity index (χ1v) is 9.59. The van der Waals surface area contributed by atoms with Crippen LogP contribution in [0, 0.1) is 11.6 Å². The maximum absolute atomic E-state index is 13.9. The highest BCUT2D eigenvalue weighted by Gasteiger charge is 2.24. The molecule has 27 heavy (non-hydrogen) atoms. The molecular formula is C18H16F2N2O4S. The minimum absolute atomic E-state index is 0.212. The lowest BCUT2D eigenvalue weighted by Crippen LogP contribution is -2.21. The molecule has 1 aromatic heterocycles. The Balaban J connectivity index is 2.17. The van der Waals surface area contributed by atoms with Crippen molar-refractivity contribution in [2.45, 2.75) is 18.2 Å². The molecule has 0 saturated heterocycles. The third-order valence-electron chi connectivity index (χ3n) is 3.78. The van der Waals surface area contributed by atoms with Gasteiger partial charge in [-0.2, -0.15) is 0 Å². The first-order valence-electron chi connectivity index (χ1n) is 8.11. The quantitative estimate of drug-likeness (QED) is 0.623. The van der Waals surface area contributed by atoms with Gasteiger partial charge in [-0.1, -0.05) is 19.1 Å². The van der Waals surface area contributed by atoms with E-state index in [9.17, 15) is 22.0 Å². The Morgan fingerprint density at radius 1 is 1.07 bits per heavy atom. The van der Waals surface area contributed by atoms with Crippen LogP contribution < -0.4 is 15.7 Å². The molecule has 0 aliphatic rings. The average Bonchev–Trinajstić information content (AvgIpc) is 2.63. The molecule has 0 saturated carbocycles. The van der Waals surface area contributed by atoms with Gasteiger partial charge in [0.25, 0.3) is 10.0 Å². The van der Waals surface area contributed by atoms with Crippen LogP contribution in [0.1, 0.15) is 13.3 Å². The number of hydrogen-bond acceptors (Lipinski definition) is 5. The molecule has 6 nitrogen and oxygen atoms in total. The second kappa shape index (κ2) is 7.36. The summed E-state index contributed by atoms with van der Waals surface area (Å²) < 4.78 is 59.6. The lowest BCUT2D eigenvalue weighted by atomic mass is 10.2. The van der Waals surface area contributed by atoms with E-state index in [4.69, 9.17) is 4.42 Å². The fourth-order valence-electron chi connectivity index (χ4n) is 2.55. The maximum Gasteiger partial charge on any atom is 0.363 e. The monoisotopic (exact) mass is 394 g/mol. The largest absolute Gasteiger partial charge is 0.421 e. The van der Waals surface area contributed by atoms with Gasteiger partial charge in [0.2, 0.25) is 0 Å². The third-order valence-corrected chi connectivity index (χ3v) is 5.15. The second-order valence-corrected chi connectivity index (χ2v) is 7.39. The van der Waals surface area contributed by atoms with Gasteiger partial charge in [0.05, 0.1) is 5.69 Å². The Bertz CT molecular complexity index is 1160. The number of rotatable bonds is 6. The van der Waals surface area contributed by atoms with Crippen molar-refractivity contribution >= 4 is 32.4 Å². The summed E-state index contributed by atoms with van der Waals surface area (Å²) >= 11 is 0. The summed E-state index contributed by atoms with van der Waals surface area (Å²) in [5, 5.41) is 3.47. The van der Waals surface area contributed by atoms with Crippen LogP contribution in [0.25, 0.3) is 11.0 Å². The fourth-order valence-corrected chi connectivity index (χ4v) is 3.71. The molecule has 0 amide bonds. The number of nitrogens with one attached hydrogen (secondary N) is 2. The van der Waals surface area contributed by atoms with E-state index in [1.165, 1.54) is 0 Å². The van der Waals surface area contributed by atoms with Gasteiger partial charge >= 0.3 is 5.63 Å². The van der Waals surface area contributed by atoms with Gasteiger partial charge in [-0.05, 0) is 36.8 Å². The van der Waals surface area contributed by atoms with Crippen molar-refractivity contribution in [2.75, 3.05) is 16.6 Å². The van der Waals surface area contributed by atoms with Gasteiger partial charge in [0.15, 0.2) is 5.69 Å². The average molecular weight is 394 g/mol. The zero-order chi connectivity index (χ0) is 19.6. The molecule has 142 valence electrons. The first kappa shape index (κ1) is 18.8. The molecule has 0 spiro atoms. The third kappa shape index (κ3) is 3.77. The maximum atomic E-state index is 13.9. The second-order valence-electron chi connectivity index (χ2n) is 5.74. The number of para-hydroxylation sites is 1. The van der Waals surface area contributed by atoms with E-state index >= 15 is 0 Å². The molecule has 0 radical (unpaired) electrons. The minimum atomic E-state index is -4.57. The molecule has 0 fully saturated rings. The lowest BCUT2D eigenvalue weighted by Gasteiger charge is -2.15. The van der Waals surface area contributed by atoms with E-state index in [0.717, 1.165) is 6.07 Å². The molecule has 3 rings (SSSR count). The Morgan fingerprint density at radius 3 is 2.56 bits per heavy atom. The van der Waals surface area contributed by atoms with E-state index in [2.05, 4.69) is 5.32 Å². The van der Waals surface area contributed by atoms with Crippen molar-refractivity contribution in [3.8, 4) is 0 Å². The molecule has 0 aliphatic carbocycles. The SMILES string of the molecule is CCCNc1c(NS(=O)(=O)c2cc(F)ccc2F)c(=O)oc2ccccc12. The highest BCUT2D eigenvalue weighted by molar-refractivity contribution is 7.92. The molecule has 9 heteroatoms. The zero-order valence-corrected chi connectivity index (χ0v) is 15.1. The Hall–Kier alpha value is -2.94. The van der Waals surface area contributed by atoms with Crippen LogP contribution in [0.2, 0.25) is 0 Å². The number of halogens is 2. The van der Waals surface area contributed by atoms with Crippen molar-refractivity contribution in [2.24, 2.45) is 0 Å². The van der Waals surface area contributed by atoms with Crippen molar-refractivity contribution in [3.63, 3.8) is 0 Å². The molecule has 0 aliphatic heterocycles. The van der Waals surface area contributed by atoms with E-state index in [1.54, 1.807) is 24.3 Å². The van der Waals surface area contributed by atoms with Gasteiger partial charge in [0, 0.05) is 11.9 Å². The van der Waals surface area contributed by atoms with Gasteiger partial charge in [0.1, 0.15) is 22.1 Å². The molecule has 2 aromatic carbocycles. The number of sulfonamides is 1. The topological polar surface area (TPSA) is 88.4 Å². The number of hydrogen-bond donors (Lipinski definition) is 2. The molecule has 0 atom stereocenters. The summed E-state index contributed by atoms with van der Waals surface area (Å²) in [6, 6.07) is 8.62. The zero-order valence-electron chi connectivity index (χ0n) is 14.3. The van der Waals surface area contributed by atoms with Crippen LogP contribution in [0.3, 0.4) is 0 Å². The van der Waals surface area contributed by atoms with E-state index in [1.807, 2.05) is 11.6 Å². The molecular weight excluding hydrogens is 378 g/mol. The van der Waals surface area contributed by atoms with E-state index in [-0.39, 0.29) is 11.3 Å². The van der Waals surface area contributed by atoms with Crippen molar-refractivity contribution in [3.05, 3.63) is 64.5 Å². The Labute approximate surface area is 153 Å². The Morgan fingerprint density at radius 2 is 1.81 bits per heavy atom. The molecule has 3 aromatic rings. The molecule has 1 heterocycles.